The zero-order valence-electron chi connectivity index (χ0n) is 34.6. The summed E-state index contributed by atoms with van der Waals surface area (Å²) in [6, 6.07) is 10.7. The van der Waals surface area contributed by atoms with Gasteiger partial charge in [0.15, 0.2) is 39.6 Å². The number of nitrogens with one attached hydrogen (secondary N) is 1. The van der Waals surface area contributed by atoms with E-state index in [0.29, 0.717) is 16.9 Å². The molecule has 1 aromatic carbocycles. The van der Waals surface area contributed by atoms with Gasteiger partial charge in [-0.05, 0) is 26.3 Å². The zero-order chi connectivity index (χ0) is 46.2. The fraction of sp³-hybridized carbons (Fsp3) is 0.368. The van der Waals surface area contributed by atoms with E-state index in [4.69, 9.17) is 10.6 Å². The number of carboxylic acids is 3. The van der Waals surface area contributed by atoms with Gasteiger partial charge in [-0.25, -0.2) is 22.8 Å². The van der Waals surface area contributed by atoms with Crippen molar-refractivity contribution in [3.05, 3.63) is 88.8 Å². The van der Waals surface area contributed by atoms with E-state index < -0.39 is 90.7 Å². The van der Waals surface area contributed by atoms with Crippen LogP contribution in [0.2, 0.25) is 0 Å². The molecule has 6 heterocycles. The Morgan fingerprint density at radius 2 is 1.77 bits per heavy atom. The second-order valence-electron chi connectivity index (χ2n) is 15.0. The summed E-state index contributed by atoms with van der Waals surface area (Å²) in [4.78, 5) is 89.0. The SMILES string of the molecule is CC(C)(O/N=C(\C(=O)NC1C(=O)N2C(C(=O)[O-])=C(C[n+]3ccccc3)CSC12)c1csc(N)n1)C(=O)O.CO/N=C/[C@@]1(C)[C@H](C(=O)[O-])N2C(=O)[C@@H]([C@@H](O)c3ccccc3)[C@H]2S1(=O)=O.[Na+]. The van der Waals surface area contributed by atoms with E-state index in [1.54, 1.807) is 59.4 Å². The van der Waals surface area contributed by atoms with Crippen molar-refractivity contribution >= 4 is 85.6 Å². The molecule has 7 atom stereocenters. The number of rotatable bonds is 14. The molecule has 3 fully saturated rings. The zero-order valence-corrected chi connectivity index (χ0v) is 39.0. The van der Waals surface area contributed by atoms with Gasteiger partial charge in [0.1, 0.15) is 40.3 Å². The molecule has 4 aliphatic rings. The number of thiazole rings is 1. The van der Waals surface area contributed by atoms with E-state index in [1.807, 2.05) is 6.07 Å². The second kappa shape index (κ2) is 19.3. The van der Waals surface area contributed by atoms with Gasteiger partial charge in [0.05, 0.1) is 36.0 Å². The van der Waals surface area contributed by atoms with Gasteiger partial charge < -0.3 is 55.6 Å². The maximum Gasteiger partial charge on any atom is 1.00 e. The number of amides is 3. The van der Waals surface area contributed by atoms with Crippen LogP contribution in [0, 0.1) is 5.92 Å². The molecule has 0 bridgehead atoms. The number of hydrogen-bond acceptors (Lipinski definition) is 19. The standard InChI is InChI=1S/C22H22N6O7S2.C16H18N2O7S.Na/c1-22(2,20(33)34)35-26-13(12-10-37-21(23)24-12)16(29)25-14-17(30)28-15(19(31)32)11(9-36-18(14)28)8-27-6-4-3-5-7-27;1-16(8-17-25-2)12(15(21)22)18-13(20)10(14(18)26(16,23)24)11(19)9-6-4-3-5-7-9;/h3-7,10,14,18H,8-9H2,1-2H3,(H4-,23,24,25,29,31,32,33,34);3-8,10-12,14,19H,1-2H3,(H,21,22);/q;;+1/p-1/b26-13-;17-8+;/t;10-,11+,12+,14-,16+;/m.1./s1. The van der Waals surface area contributed by atoms with Crippen LogP contribution in [0.5, 0.6) is 0 Å². The summed E-state index contributed by atoms with van der Waals surface area (Å²) in [6.07, 6.45) is 3.01. The maximum atomic E-state index is 13.1. The summed E-state index contributed by atoms with van der Waals surface area (Å²) < 4.78 is 25.8. The Bertz CT molecular complexity index is 2540. The number of carbonyl (C=O) groups is 6. The van der Waals surface area contributed by atoms with Crippen molar-refractivity contribution in [2.45, 2.75) is 66.6 Å². The summed E-state index contributed by atoms with van der Waals surface area (Å²) in [7, 11) is -3.06. The number of thioether (sulfide) groups is 1. The molecule has 5 N–H and O–H groups in total. The van der Waals surface area contributed by atoms with Crippen LogP contribution in [0.25, 0.3) is 0 Å². The molecule has 334 valence electrons. The first-order chi connectivity index (χ1) is 29.7. The van der Waals surface area contributed by atoms with Crippen molar-refractivity contribution in [3.8, 4) is 0 Å². The molecular formula is C38H39N8NaO14S3. The Kier molecular flexibility index (Phi) is 15.0. The van der Waals surface area contributed by atoms with E-state index in [1.165, 1.54) is 38.1 Å². The summed E-state index contributed by atoms with van der Waals surface area (Å²) in [5.74, 6) is -7.80. The number of nitrogens with two attached hydrogens (primary N) is 1. The first-order valence-electron chi connectivity index (χ1n) is 18.6. The number of β-lactam (4-membered cyclic amide) rings is 2. The largest absolute Gasteiger partial charge is 1.00 e. The number of aromatic nitrogens is 2. The molecule has 0 aliphatic carbocycles. The predicted molar refractivity (Wildman–Crippen MR) is 217 cm³/mol. The molecule has 0 spiro atoms. The normalized spacial score (nSPS) is 25.0. The number of fused-ring (bicyclic) bond motifs is 2. The van der Waals surface area contributed by atoms with Crippen LogP contribution < -0.4 is 55.4 Å². The average Bonchev–Trinajstić information content (AvgIpc) is 3.73. The van der Waals surface area contributed by atoms with Crippen LogP contribution in [-0.2, 0) is 54.8 Å². The van der Waals surface area contributed by atoms with Crippen molar-refractivity contribution in [1.82, 2.24) is 20.1 Å². The fourth-order valence-electron chi connectivity index (χ4n) is 7.18. The Labute approximate surface area is 395 Å². The monoisotopic (exact) mass is 950 g/mol. The van der Waals surface area contributed by atoms with Gasteiger partial charge in [-0.2, -0.15) is 0 Å². The molecular weight excluding hydrogens is 912 g/mol. The predicted octanol–water partition coefficient (Wildman–Crippen LogP) is -5.85. The van der Waals surface area contributed by atoms with Gasteiger partial charge >= 0.3 is 35.5 Å². The number of nitrogen functional groups attached to an aromatic ring is 1. The minimum atomic E-state index is -4.23. The molecule has 0 radical (unpaired) electrons. The Morgan fingerprint density at radius 3 is 2.33 bits per heavy atom. The van der Waals surface area contributed by atoms with Gasteiger partial charge in [-0.15, -0.1) is 23.1 Å². The van der Waals surface area contributed by atoms with E-state index in [0.717, 1.165) is 34.3 Å². The molecule has 2 aromatic heterocycles. The number of carboxylic acid groups (broad SMARTS) is 3. The topological polar surface area (TPSA) is 328 Å². The average molecular weight is 951 g/mol. The first-order valence-corrected chi connectivity index (χ1v) is 22.1. The molecule has 3 aromatic rings. The van der Waals surface area contributed by atoms with Crippen molar-refractivity contribution in [2.24, 2.45) is 16.2 Å². The quantitative estimate of drug-likeness (QED) is 0.0384. The molecule has 7 rings (SSSR count). The molecule has 22 nitrogen and oxygen atoms in total. The van der Waals surface area contributed by atoms with Gasteiger partial charge in [-0.3, -0.25) is 19.3 Å². The number of nitrogens with zero attached hydrogens (tertiary/aromatic N) is 6. The smallest absolute Gasteiger partial charge is 0.548 e. The number of aliphatic carboxylic acids is 3. The first kappa shape index (κ1) is 49.6. The molecule has 0 saturated carbocycles. The van der Waals surface area contributed by atoms with Crippen molar-refractivity contribution in [1.29, 1.82) is 0 Å². The minimum absolute atomic E-state index is 0. The summed E-state index contributed by atoms with van der Waals surface area (Å²) in [6.45, 7) is 3.88. The van der Waals surface area contributed by atoms with E-state index >= 15 is 0 Å². The van der Waals surface area contributed by atoms with Crippen molar-refractivity contribution in [3.63, 3.8) is 0 Å². The van der Waals surface area contributed by atoms with E-state index in [2.05, 4.69) is 25.4 Å². The minimum Gasteiger partial charge on any atom is -0.548 e. The summed E-state index contributed by atoms with van der Waals surface area (Å²) in [5, 5.41) is 52.4. The number of hydrogen-bond donors (Lipinski definition) is 4. The third kappa shape index (κ3) is 9.09. The number of aliphatic hydroxyl groups excluding tert-OH is 1. The van der Waals surface area contributed by atoms with Crippen LogP contribution in [0.1, 0.15) is 38.1 Å². The van der Waals surface area contributed by atoms with Crippen molar-refractivity contribution in [2.75, 3.05) is 18.6 Å². The maximum absolute atomic E-state index is 13.1. The number of sulfone groups is 1. The van der Waals surface area contributed by atoms with Gasteiger partial charge in [0.2, 0.25) is 11.5 Å². The van der Waals surface area contributed by atoms with Crippen LogP contribution >= 0.6 is 23.1 Å². The Balaban J connectivity index is 0.000000251. The molecule has 64 heavy (non-hydrogen) atoms. The third-order valence-corrected chi connectivity index (χ3v) is 15.3. The van der Waals surface area contributed by atoms with Crippen LogP contribution in [-0.4, -0.2) is 127 Å². The van der Waals surface area contributed by atoms with Crippen LogP contribution in [0.4, 0.5) is 5.13 Å². The summed E-state index contributed by atoms with van der Waals surface area (Å²) >= 11 is 2.32. The molecule has 4 aliphatic heterocycles. The number of anilines is 1. The van der Waals surface area contributed by atoms with Crippen molar-refractivity contribution < 1.29 is 101 Å². The third-order valence-electron chi connectivity index (χ3n) is 10.5. The van der Waals surface area contributed by atoms with Crippen LogP contribution in [0.3, 0.4) is 0 Å². The van der Waals surface area contributed by atoms with E-state index in [-0.39, 0.29) is 58.3 Å². The number of aliphatic hydroxyl groups is 1. The van der Waals surface area contributed by atoms with Crippen LogP contribution in [0.15, 0.2) is 87.9 Å². The number of pyridine rings is 1. The summed E-state index contributed by atoms with van der Waals surface area (Å²) in [5.41, 5.74) is 4.20. The number of oxime groups is 2. The Hall–Kier alpha value is -5.44. The van der Waals surface area contributed by atoms with E-state index in [9.17, 15) is 57.6 Å². The number of carbonyl (C=O) groups excluding carboxylic acids is 5. The molecule has 3 saturated heterocycles. The van der Waals surface area contributed by atoms with Gasteiger partial charge in [0, 0.05) is 28.8 Å². The molecule has 26 heteroatoms. The van der Waals surface area contributed by atoms with Gasteiger partial charge in [-0.1, -0.05) is 46.7 Å². The number of benzene rings is 1. The molecule has 2 unspecified atom stereocenters. The second-order valence-corrected chi connectivity index (χ2v) is 19.4. The van der Waals surface area contributed by atoms with Gasteiger partial charge in [0.25, 0.3) is 11.8 Å². The molecule has 3 amide bonds. The Morgan fingerprint density at radius 1 is 1.12 bits per heavy atom. The fourth-order valence-corrected chi connectivity index (χ4v) is 11.5.